The molecule has 0 spiro atoms. The molecule has 0 aromatic heterocycles. The van der Waals surface area contributed by atoms with Crippen molar-refractivity contribution in [2.75, 3.05) is 18.1 Å². The summed E-state index contributed by atoms with van der Waals surface area (Å²) in [5, 5.41) is 8.23. The van der Waals surface area contributed by atoms with E-state index in [1.165, 1.54) is 12.1 Å². The molecule has 1 atom stereocenters. The van der Waals surface area contributed by atoms with E-state index in [2.05, 4.69) is 5.32 Å². The van der Waals surface area contributed by atoms with E-state index in [1.54, 1.807) is 12.1 Å². The Balaban J connectivity index is 1.83. The van der Waals surface area contributed by atoms with Crippen LogP contribution in [0.1, 0.15) is 12.0 Å². The minimum atomic E-state index is -3.65. The monoisotopic (exact) mass is 318 g/mol. The lowest BCUT2D eigenvalue weighted by Gasteiger charge is -2.10. The lowest BCUT2D eigenvalue weighted by Crippen LogP contribution is -2.31. The quantitative estimate of drug-likeness (QED) is 0.772. The van der Waals surface area contributed by atoms with E-state index in [0.29, 0.717) is 19.4 Å². The van der Waals surface area contributed by atoms with Crippen molar-refractivity contribution in [2.24, 2.45) is 5.14 Å². The second-order valence-corrected chi connectivity index (χ2v) is 8.78. The van der Waals surface area contributed by atoms with Gasteiger partial charge >= 0.3 is 0 Å². The first-order valence-corrected chi connectivity index (χ1v) is 9.69. The maximum Gasteiger partial charge on any atom is 0.238 e. The summed E-state index contributed by atoms with van der Waals surface area (Å²) in [5.74, 6) is 0.463. The van der Waals surface area contributed by atoms with Gasteiger partial charge in [-0.3, -0.25) is 0 Å². The van der Waals surface area contributed by atoms with Gasteiger partial charge in [0.05, 0.1) is 16.4 Å². The van der Waals surface area contributed by atoms with Crippen LogP contribution in [0.3, 0.4) is 0 Å². The van der Waals surface area contributed by atoms with Gasteiger partial charge in [0, 0.05) is 6.04 Å². The van der Waals surface area contributed by atoms with Crippen molar-refractivity contribution >= 4 is 19.9 Å². The van der Waals surface area contributed by atoms with Crippen LogP contribution >= 0.6 is 0 Å². The fraction of sp³-hybridized carbons (Fsp3) is 0.500. The summed E-state index contributed by atoms with van der Waals surface area (Å²) in [4.78, 5) is 0.0936. The largest absolute Gasteiger partial charge is 0.313 e. The molecular formula is C12H18N2O4S2. The summed E-state index contributed by atoms with van der Waals surface area (Å²) in [5.41, 5.74) is 0.978. The van der Waals surface area contributed by atoms with E-state index in [9.17, 15) is 16.8 Å². The van der Waals surface area contributed by atoms with Crippen molar-refractivity contribution in [3.63, 3.8) is 0 Å². The molecule has 1 unspecified atom stereocenters. The Morgan fingerprint density at radius 1 is 1.25 bits per heavy atom. The molecule has 1 aliphatic rings. The Bertz CT molecular complexity index is 666. The van der Waals surface area contributed by atoms with E-state index < -0.39 is 19.9 Å². The molecule has 1 aromatic carbocycles. The molecule has 20 heavy (non-hydrogen) atoms. The van der Waals surface area contributed by atoms with Crippen LogP contribution in [0.4, 0.5) is 0 Å². The smallest absolute Gasteiger partial charge is 0.238 e. The predicted octanol–water partition coefficient (Wildman–Crippen LogP) is -0.347. The second kappa shape index (κ2) is 5.80. The van der Waals surface area contributed by atoms with E-state index in [0.717, 1.165) is 5.56 Å². The minimum Gasteiger partial charge on any atom is -0.313 e. The van der Waals surface area contributed by atoms with Gasteiger partial charge in [-0.15, -0.1) is 0 Å². The number of rotatable bonds is 5. The van der Waals surface area contributed by atoms with E-state index in [1.807, 2.05) is 0 Å². The first kappa shape index (κ1) is 15.4. The average molecular weight is 318 g/mol. The van der Waals surface area contributed by atoms with Gasteiger partial charge in [0.1, 0.15) is 0 Å². The highest BCUT2D eigenvalue weighted by atomic mass is 32.2. The van der Waals surface area contributed by atoms with Crippen LogP contribution in [-0.2, 0) is 26.3 Å². The van der Waals surface area contributed by atoms with Crippen LogP contribution in [0.2, 0.25) is 0 Å². The molecule has 0 saturated carbocycles. The van der Waals surface area contributed by atoms with Crippen molar-refractivity contribution in [3.8, 4) is 0 Å². The lowest BCUT2D eigenvalue weighted by molar-refractivity contribution is 0.557. The number of nitrogens with one attached hydrogen (secondary N) is 1. The summed E-state index contributed by atoms with van der Waals surface area (Å²) in [6.45, 7) is 0.662. The topological polar surface area (TPSA) is 106 Å². The Labute approximate surface area is 119 Å². The molecule has 1 fully saturated rings. The number of sulfone groups is 1. The molecule has 0 amide bonds. The minimum absolute atomic E-state index is 0.0312. The number of hydrogen-bond acceptors (Lipinski definition) is 5. The zero-order valence-electron chi connectivity index (χ0n) is 10.9. The molecule has 8 heteroatoms. The lowest BCUT2D eigenvalue weighted by atomic mass is 10.1. The van der Waals surface area contributed by atoms with Crippen LogP contribution in [0.25, 0.3) is 0 Å². The molecule has 0 bridgehead atoms. The molecule has 6 nitrogen and oxygen atoms in total. The third-order valence-electron chi connectivity index (χ3n) is 3.33. The van der Waals surface area contributed by atoms with Gasteiger partial charge in [-0.05, 0) is 37.1 Å². The predicted molar refractivity (Wildman–Crippen MR) is 76.6 cm³/mol. The van der Waals surface area contributed by atoms with Gasteiger partial charge < -0.3 is 5.32 Å². The van der Waals surface area contributed by atoms with Crippen molar-refractivity contribution in [3.05, 3.63) is 29.8 Å². The van der Waals surface area contributed by atoms with E-state index in [-0.39, 0.29) is 22.4 Å². The van der Waals surface area contributed by atoms with Gasteiger partial charge in [-0.1, -0.05) is 12.1 Å². The first-order valence-electron chi connectivity index (χ1n) is 6.32. The molecule has 3 N–H and O–H groups in total. The van der Waals surface area contributed by atoms with Crippen LogP contribution in [-0.4, -0.2) is 40.9 Å². The first-order chi connectivity index (χ1) is 9.26. The fourth-order valence-corrected chi connectivity index (χ4v) is 4.45. The molecule has 2 rings (SSSR count). The fourth-order valence-electron chi connectivity index (χ4n) is 2.22. The van der Waals surface area contributed by atoms with Crippen molar-refractivity contribution in [2.45, 2.75) is 23.8 Å². The zero-order chi connectivity index (χ0) is 14.8. The van der Waals surface area contributed by atoms with Gasteiger partial charge in [-0.2, -0.15) is 0 Å². The van der Waals surface area contributed by atoms with Gasteiger partial charge in [-0.25, -0.2) is 22.0 Å². The van der Waals surface area contributed by atoms with Crippen LogP contribution in [0.15, 0.2) is 29.2 Å². The molecule has 1 heterocycles. The highest BCUT2D eigenvalue weighted by Gasteiger charge is 2.26. The number of sulfonamides is 1. The molecule has 1 aliphatic heterocycles. The third kappa shape index (κ3) is 4.27. The highest BCUT2D eigenvalue weighted by Crippen LogP contribution is 2.12. The number of primary sulfonamides is 1. The van der Waals surface area contributed by atoms with Crippen LogP contribution in [0.5, 0.6) is 0 Å². The molecule has 1 aromatic rings. The van der Waals surface area contributed by atoms with E-state index in [4.69, 9.17) is 5.14 Å². The summed E-state index contributed by atoms with van der Waals surface area (Å²) >= 11 is 0. The molecular weight excluding hydrogens is 300 g/mol. The summed E-state index contributed by atoms with van der Waals surface area (Å²) in [6, 6.07) is 6.42. The SMILES string of the molecule is NS(=O)(=O)c1ccc(CCNC2CCS(=O)(=O)C2)cc1. The number of hydrogen-bond donors (Lipinski definition) is 2. The third-order valence-corrected chi connectivity index (χ3v) is 6.03. The zero-order valence-corrected chi connectivity index (χ0v) is 12.6. The standard InChI is InChI=1S/C12H18N2O4S2/c13-20(17,18)12-3-1-10(2-4-12)5-7-14-11-6-8-19(15,16)9-11/h1-4,11,14H,5-9H2,(H2,13,17,18). The van der Waals surface area contributed by atoms with Crippen molar-refractivity contribution < 1.29 is 16.8 Å². The number of nitrogens with two attached hydrogens (primary N) is 1. The van der Waals surface area contributed by atoms with Crippen molar-refractivity contribution in [1.29, 1.82) is 0 Å². The summed E-state index contributed by atoms with van der Waals surface area (Å²) in [6.07, 6.45) is 1.37. The maximum absolute atomic E-state index is 11.3. The molecule has 0 radical (unpaired) electrons. The Morgan fingerprint density at radius 3 is 2.40 bits per heavy atom. The van der Waals surface area contributed by atoms with Gasteiger partial charge in [0.25, 0.3) is 0 Å². The van der Waals surface area contributed by atoms with Crippen LogP contribution < -0.4 is 10.5 Å². The second-order valence-electron chi connectivity index (χ2n) is 4.99. The van der Waals surface area contributed by atoms with Crippen LogP contribution in [0, 0.1) is 0 Å². The van der Waals surface area contributed by atoms with Gasteiger partial charge in [0.15, 0.2) is 9.84 Å². The Morgan fingerprint density at radius 2 is 1.90 bits per heavy atom. The highest BCUT2D eigenvalue weighted by molar-refractivity contribution is 7.91. The van der Waals surface area contributed by atoms with Gasteiger partial charge in [0.2, 0.25) is 10.0 Å². The summed E-state index contributed by atoms with van der Waals surface area (Å²) < 4.78 is 44.8. The summed E-state index contributed by atoms with van der Waals surface area (Å²) in [7, 11) is -6.50. The molecule has 0 aliphatic carbocycles. The Kier molecular flexibility index (Phi) is 4.48. The molecule has 112 valence electrons. The average Bonchev–Trinajstić information content (AvgIpc) is 2.68. The van der Waals surface area contributed by atoms with E-state index >= 15 is 0 Å². The number of benzene rings is 1. The normalized spacial score (nSPS) is 21.9. The molecule has 1 saturated heterocycles. The van der Waals surface area contributed by atoms with Crippen molar-refractivity contribution in [1.82, 2.24) is 5.32 Å². The Hall–Kier alpha value is -0.960. The maximum atomic E-state index is 11.3.